The van der Waals surface area contributed by atoms with E-state index in [0.29, 0.717) is 35.1 Å². The van der Waals surface area contributed by atoms with E-state index >= 15 is 0 Å². The predicted octanol–water partition coefficient (Wildman–Crippen LogP) is 1.68. The maximum Gasteiger partial charge on any atom is 0.256 e. The van der Waals surface area contributed by atoms with Crippen LogP contribution in [0.15, 0.2) is 18.2 Å². The van der Waals surface area contributed by atoms with Gasteiger partial charge >= 0.3 is 0 Å². The zero-order valence-corrected chi connectivity index (χ0v) is 14.2. The maximum absolute atomic E-state index is 12.0. The lowest BCUT2D eigenvalue weighted by atomic mass is 10.1. The molecule has 130 valence electrons. The lowest BCUT2D eigenvalue weighted by Gasteiger charge is -2.13. The molecule has 0 aliphatic heterocycles. The summed E-state index contributed by atoms with van der Waals surface area (Å²) in [7, 11) is 4.74. The van der Waals surface area contributed by atoms with Crippen molar-refractivity contribution in [3.05, 3.63) is 35.0 Å². The van der Waals surface area contributed by atoms with E-state index in [9.17, 15) is 4.79 Å². The number of amides is 1. The van der Waals surface area contributed by atoms with Crippen LogP contribution in [0, 0.1) is 6.92 Å². The number of methoxy groups -OCH3 is 2. The summed E-state index contributed by atoms with van der Waals surface area (Å²) in [6.07, 6.45) is 0. The summed E-state index contributed by atoms with van der Waals surface area (Å²) in [5, 5.41) is 12.7. The van der Waals surface area contributed by atoms with Crippen LogP contribution in [0.25, 0.3) is 0 Å². The minimum absolute atomic E-state index is 0.143. The Balaban J connectivity index is 2.20. The highest BCUT2D eigenvalue weighted by atomic mass is 16.7. The van der Waals surface area contributed by atoms with Crippen LogP contribution in [0.2, 0.25) is 0 Å². The number of rotatable bonds is 8. The van der Waals surface area contributed by atoms with Crippen LogP contribution >= 0.6 is 0 Å². The van der Waals surface area contributed by atoms with E-state index in [2.05, 4.69) is 20.8 Å². The molecule has 0 atom stereocenters. The van der Waals surface area contributed by atoms with Gasteiger partial charge in [0.1, 0.15) is 17.1 Å². The number of nitrogens with one attached hydrogen (secondary N) is 3. The molecule has 8 nitrogen and oxygen atoms in total. The first kappa shape index (κ1) is 17.6. The van der Waals surface area contributed by atoms with Crippen molar-refractivity contribution in [2.24, 2.45) is 0 Å². The zero-order valence-electron chi connectivity index (χ0n) is 14.2. The largest absolute Gasteiger partial charge is 0.497 e. The van der Waals surface area contributed by atoms with Gasteiger partial charge in [0.2, 0.25) is 0 Å². The van der Waals surface area contributed by atoms with Gasteiger partial charge < -0.3 is 24.8 Å². The van der Waals surface area contributed by atoms with Crippen molar-refractivity contribution in [3.8, 4) is 11.5 Å². The number of aryl methyl sites for hydroxylation is 1. The molecule has 8 heteroatoms. The van der Waals surface area contributed by atoms with Gasteiger partial charge in [-0.1, -0.05) is 0 Å². The number of nitrogens with zero attached hydrogens (tertiary/aromatic N) is 1. The number of carbonyl (C=O) groups excluding carboxylic acids is 1. The molecule has 0 unspecified atom stereocenters. The summed E-state index contributed by atoms with van der Waals surface area (Å²) in [5.41, 5.74) is 2.04. The van der Waals surface area contributed by atoms with Gasteiger partial charge in [-0.3, -0.25) is 9.89 Å². The third kappa shape index (κ3) is 3.96. The van der Waals surface area contributed by atoms with Crippen LogP contribution in [0.1, 0.15) is 21.6 Å². The summed E-state index contributed by atoms with van der Waals surface area (Å²) in [4.78, 5) is 12.0. The Bertz CT molecular complexity index is 699. The van der Waals surface area contributed by atoms with Crippen LogP contribution in [0.5, 0.6) is 11.5 Å². The maximum atomic E-state index is 12.0. The number of aromatic amines is 1. The fourth-order valence-corrected chi connectivity index (χ4v) is 2.22. The lowest BCUT2D eigenvalue weighted by Crippen LogP contribution is -2.20. The Morgan fingerprint density at radius 1 is 1.33 bits per heavy atom. The first-order valence-electron chi connectivity index (χ1n) is 7.40. The molecular weight excluding hydrogens is 312 g/mol. The average molecular weight is 334 g/mol. The molecule has 1 aromatic carbocycles. The standard InChI is InChI=1S/C16H22N4O4/c1-10-14(16(21)17-2)15(20-19-10)18-8-11-7-12(23-4)5-6-13(11)24-9-22-3/h5-7H,8-9H2,1-4H3,(H,17,21)(H2,18,19,20). The van der Waals surface area contributed by atoms with Crippen LogP contribution in [-0.4, -0.2) is 44.2 Å². The van der Waals surface area contributed by atoms with Crippen LogP contribution in [-0.2, 0) is 11.3 Å². The molecule has 1 amide bonds. The van der Waals surface area contributed by atoms with E-state index in [-0.39, 0.29) is 12.7 Å². The average Bonchev–Trinajstić information content (AvgIpc) is 2.98. The Morgan fingerprint density at radius 3 is 2.79 bits per heavy atom. The zero-order chi connectivity index (χ0) is 17.5. The summed E-state index contributed by atoms with van der Waals surface area (Å²) >= 11 is 0. The first-order valence-corrected chi connectivity index (χ1v) is 7.40. The Kier molecular flexibility index (Phi) is 6.02. The summed E-state index contributed by atoms with van der Waals surface area (Å²) in [5.74, 6) is 1.65. The molecule has 1 heterocycles. The second-order valence-electron chi connectivity index (χ2n) is 5.03. The molecule has 24 heavy (non-hydrogen) atoms. The Labute approximate surface area is 140 Å². The number of H-pyrrole nitrogens is 1. The van der Waals surface area contributed by atoms with E-state index in [1.165, 1.54) is 0 Å². The van der Waals surface area contributed by atoms with Crippen molar-refractivity contribution in [1.29, 1.82) is 0 Å². The van der Waals surface area contributed by atoms with Crippen LogP contribution in [0.3, 0.4) is 0 Å². The number of benzene rings is 1. The van der Waals surface area contributed by atoms with Gasteiger partial charge in [0.05, 0.1) is 7.11 Å². The first-order chi connectivity index (χ1) is 11.6. The molecule has 3 N–H and O–H groups in total. The van der Waals surface area contributed by atoms with Gasteiger partial charge in [0.15, 0.2) is 12.6 Å². The molecular formula is C16H22N4O4. The third-order valence-corrected chi connectivity index (χ3v) is 3.45. The third-order valence-electron chi connectivity index (χ3n) is 3.45. The quantitative estimate of drug-likeness (QED) is 0.636. The smallest absolute Gasteiger partial charge is 0.256 e. The van der Waals surface area contributed by atoms with Gasteiger partial charge in [0.25, 0.3) is 5.91 Å². The number of aromatic nitrogens is 2. The molecule has 1 aromatic heterocycles. The van der Waals surface area contributed by atoms with E-state index in [1.54, 1.807) is 28.2 Å². The van der Waals surface area contributed by atoms with Crippen molar-refractivity contribution in [2.75, 3.05) is 33.4 Å². The number of anilines is 1. The summed E-state index contributed by atoms with van der Waals surface area (Å²) in [6.45, 7) is 2.34. The molecule has 2 aromatic rings. The topological polar surface area (TPSA) is 97.5 Å². The molecule has 0 bridgehead atoms. The molecule has 0 aliphatic carbocycles. The fraction of sp³-hybridized carbons (Fsp3) is 0.375. The molecule has 0 fully saturated rings. The molecule has 0 saturated heterocycles. The monoisotopic (exact) mass is 334 g/mol. The molecule has 0 aliphatic rings. The van der Waals surface area contributed by atoms with Gasteiger partial charge in [-0.25, -0.2) is 0 Å². The molecule has 0 saturated carbocycles. The van der Waals surface area contributed by atoms with Gasteiger partial charge in [-0.15, -0.1) is 0 Å². The normalized spacial score (nSPS) is 10.3. The minimum atomic E-state index is -0.203. The van der Waals surface area contributed by atoms with Crippen molar-refractivity contribution >= 4 is 11.7 Å². The Hall–Kier alpha value is -2.74. The number of carbonyl (C=O) groups is 1. The number of hydrogen-bond donors (Lipinski definition) is 3. The van der Waals surface area contributed by atoms with E-state index < -0.39 is 0 Å². The van der Waals surface area contributed by atoms with E-state index in [0.717, 1.165) is 5.56 Å². The second kappa shape index (κ2) is 8.21. The van der Waals surface area contributed by atoms with Gasteiger partial charge in [-0.2, -0.15) is 5.10 Å². The highest BCUT2D eigenvalue weighted by Crippen LogP contribution is 2.26. The van der Waals surface area contributed by atoms with Crippen molar-refractivity contribution in [1.82, 2.24) is 15.5 Å². The van der Waals surface area contributed by atoms with Crippen molar-refractivity contribution in [3.63, 3.8) is 0 Å². The van der Waals surface area contributed by atoms with E-state index in [4.69, 9.17) is 14.2 Å². The summed E-state index contributed by atoms with van der Waals surface area (Å²) in [6, 6.07) is 5.48. The summed E-state index contributed by atoms with van der Waals surface area (Å²) < 4.78 is 15.7. The highest BCUT2D eigenvalue weighted by molar-refractivity contribution is 5.99. The van der Waals surface area contributed by atoms with Gasteiger partial charge in [-0.05, 0) is 25.1 Å². The highest BCUT2D eigenvalue weighted by Gasteiger charge is 2.17. The van der Waals surface area contributed by atoms with Crippen molar-refractivity contribution in [2.45, 2.75) is 13.5 Å². The van der Waals surface area contributed by atoms with Gasteiger partial charge in [0, 0.05) is 32.0 Å². The fourth-order valence-electron chi connectivity index (χ4n) is 2.22. The lowest BCUT2D eigenvalue weighted by molar-refractivity contribution is 0.0504. The Morgan fingerprint density at radius 2 is 2.12 bits per heavy atom. The molecule has 0 spiro atoms. The SMILES string of the molecule is CNC(=O)c1c(NCc2cc(OC)ccc2OCOC)n[nH]c1C. The molecule has 2 rings (SSSR count). The number of ether oxygens (including phenoxy) is 3. The van der Waals surface area contributed by atoms with E-state index in [1.807, 2.05) is 18.2 Å². The predicted molar refractivity (Wildman–Crippen MR) is 89.5 cm³/mol. The van der Waals surface area contributed by atoms with Crippen LogP contribution in [0.4, 0.5) is 5.82 Å². The molecule has 0 radical (unpaired) electrons. The number of hydrogen-bond acceptors (Lipinski definition) is 6. The van der Waals surface area contributed by atoms with Crippen LogP contribution < -0.4 is 20.1 Å². The second-order valence-corrected chi connectivity index (χ2v) is 5.03. The minimum Gasteiger partial charge on any atom is -0.497 e. The van der Waals surface area contributed by atoms with Crippen molar-refractivity contribution < 1.29 is 19.0 Å².